The Hall–Kier alpha value is -0.640. The van der Waals surface area contributed by atoms with Crippen LogP contribution in [0.4, 0.5) is 0 Å². The van der Waals surface area contributed by atoms with E-state index in [0.717, 1.165) is 12.8 Å². The first-order valence-electron chi connectivity index (χ1n) is 6.24. The molecule has 0 aliphatic carbocycles. The first-order valence-corrected chi connectivity index (χ1v) is 7.84. The molecular weight excluding hydrogens is 306 g/mol. The fraction of sp³-hybridized carbons (Fsp3) is 0.333. The topological polar surface area (TPSA) is 12.0 Å². The predicted molar refractivity (Wildman–Crippen MR) is 83.3 cm³/mol. The van der Waals surface area contributed by atoms with Gasteiger partial charge in [0.1, 0.15) is 0 Å². The third-order valence-corrected chi connectivity index (χ3v) is 5.07. The fourth-order valence-electron chi connectivity index (χ4n) is 2.05. The van der Waals surface area contributed by atoms with Gasteiger partial charge in [-0.3, -0.25) is 0 Å². The fourth-order valence-corrected chi connectivity index (χ4v) is 3.61. The van der Waals surface area contributed by atoms with Crippen molar-refractivity contribution in [3.8, 4) is 0 Å². The lowest BCUT2D eigenvalue weighted by atomic mass is 10.0. The van der Waals surface area contributed by atoms with E-state index in [2.05, 4.69) is 64.6 Å². The summed E-state index contributed by atoms with van der Waals surface area (Å²) in [5, 5.41) is 3.41. The maximum Gasteiger partial charge on any atom is 0.0377 e. The number of hydrogen-bond acceptors (Lipinski definition) is 2. The molecule has 0 fully saturated rings. The van der Waals surface area contributed by atoms with Crippen molar-refractivity contribution in [2.24, 2.45) is 0 Å². The first kappa shape index (κ1) is 13.8. The van der Waals surface area contributed by atoms with Crippen LogP contribution in [0.15, 0.2) is 40.9 Å². The zero-order valence-corrected chi connectivity index (χ0v) is 13.1. The minimum Gasteiger partial charge on any atom is -0.313 e. The van der Waals surface area contributed by atoms with E-state index in [9.17, 15) is 0 Å². The Balaban J connectivity index is 2.17. The quantitative estimate of drug-likeness (QED) is 0.849. The second kappa shape index (κ2) is 6.50. The molecule has 1 heterocycles. The summed E-state index contributed by atoms with van der Waals surface area (Å²) in [7, 11) is 2.03. The minimum absolute atomic E-state index is 0.365. The largest absolute Gasteiger partial charge is 0.313 e. The lowest BCUT2D eigenvalue weighted by Crippen LogP contribution is -2.18. The smallest absolute Gasteiger partial charge is 0.0377 e. The molecule has 0 amide bonds. The van der Waals surface area contributed by atoms with Gasteiger partial charge >= 0.3 is 0 Å². The Morgan fingerprint density at radius 3 is 2.50 bits per heavy atom. The normalized spacial score (nSPS) is 12.6. The molecule has 0 aliphatic heterocycles. The molecule has 1 unspecified atom stereocenters. The molecule has 96 valence electrons. The zero-order chi connectivity index (χ0) is 13.0. The summed E-state index contributed by atoms with van der Waals surface area (Å²) in [6, 6.07) is 13.3. The Morgan fingerprint density at radius 2 is 1.89 bits per heavy atom. The molecule has 0 bridgehead atoms. The molecule has 1 nitrogen and oxygen atoms in total. The van der Waals surface area contributed by atoms with Gasteiger partial charge in [-0.15, -0.1) is 11.3 Å². The van der Waals surface area contributed by atoms with Crippen LogP contribution in [-0.4, -0.2) is 7.05 Å². The van der Waals surface area contributed by atoms with Crippen LogP contribution in [0.2, 0.25) is 0 Å². The highest BCUT2D eigenvalue weighted by atomic mass is 79.9. The molecule has 0 aliphatic rings. The van der Waals surface area contributed by atoms with Crippen LogP contribution in [0.5, 0.6) is 0 Å². The third-order valence-electron chi connectivity index (χ3n) is 3.10. The van der Waals surface area contributed by atoms with Crippen molar-refractivity contribution in [2.45, 2.75) is 25.8 Å². The van der Waals surface area contributed by atoms with Crippen molar-refractivity contribution in [3.63, 3.8) is 0 Å². The molecule has 1 N–H and O–H groups in total. The summed E-state index contributed by atoms with van der Waals surface area (Å²) >= 11 is 5.56. The van der Waals surface area contributed by atoms with Crippen LogP contribution >= 0.6 is 27.3 Å². The SMILES string of the molecule is CCc1ccc(CC(NC)c2ccccc2Br)s1. The average Bonchev–Trinajstić information content (AvgIpc) is 2.85. The highest BCUT2D eigenvalue weighted by Crippen LogP contribution is 2.28. The molecule has 3 heteroatoms. The third kappa shape index (κ3) is 3.22. The number of nitrogens with one attached hydrogen (secondary N) is 1. The number of halogens is 1. The summed E-state index contributed by atoms with van der Waals surface area (Å²) in [6.07, 6.45) is 2.17. The van der Waals surface area contributed by atoms with E-state index in [0.29, 0.717) is 6.04 Å². The molecule has 1 atom stereocenters. The Bertz CT molecular complexity index is 507. The predicted octanol–water partition coefficient (Wildman–Crippen LogP) is 4.58. The summed E-state index contributed by atoms with van der Waals surface area (Å²) in [5.41, 5.74) is 1.33. The van der Waals surface area contributed by atoms with E-state index in [1.165, 1.54) is 19.8 Å². The number of aryl methyl sites for hydroxylation is 1. The number of hydrogen-bond donors (Lipinski definition) is 1. The van der Waals surface area contributed by atoms with Crippen molar-refractivity contribution in [1.82, 2.24) is 5.32 Å². The maximum absolute atomic E-state index is 3.63. The highest BCUT2D eigenvalue weighted by molar-refractivity contribution is 9.10. The van der Waals surface area contributed by atoms with E-state index in [1.54, 1.807) is 0 Å². The molecule has 1 aromatic carbocycles. The Labute approximate surface area is 121 Å². The molecular formula is C15H18BrNS. The summed E-state index contributed by atoms with van der Waals surface area (Å²) in [6.45, 7) is 2.21. The average molecular weight is 324 g/mol. The van der Waals surface area contributed by atoms with E-state index in [-0.39, 0.29) is 0 Å². The van der Waals surface area contributed by atoms with E-state index < -0.39 is 0 Å². The van der Waals surface area contributed by atoms with Crippen LogP contribution < -0.4 is 5.32 Å². The maximum atomic E-state index is 3.63. The van der Waals surface area contributed by atoms with Gasteiger partial charge in [0.2, 0.25) is 0 Å². The Morgan fingerprint density at radius 1 is 1.17 bits per heavy atom. The first-order chi connectivity index (χ1) is 8.74. The standard InChI is InChI=1S/C15H18BrNS/c1-3-11-8-9-12(18-11)10-15(17-2)13-6-4-5-7-14(13)16/h4-9,15,17H,3,10H2,1-2H3. The van der Waals surface area contributed by atoms with E-state index in [1.807, 2.05) is 18.4 Å². The lowest BCUT2D eigenvalue weighted by molar-refractivity contribution is 0.594. The van der Waals surface area contributed by atoms with E-state index >= 15 is 0 Å². The number of thiophene rings is 1. The minimum atomic E-state index is 0.365. The van der Waals surface area contributed by atoms with Crippen molar-refractivity contribution in [2.75, 3.05) is 7.05 Å². The molecule has 1 aromatic heterocycles. The zero-order valence-electron chi connectivity index (χ0n) is 10.7. The Kier molecular flexibility index (Phi) is 4.98. The monoisotopic (exact) mass is 323 g/mol. The van der Waals surface area contributed by atoms with Gasteiger partial charge in [-0.2, -0.15) is 0 Å². The summed E-state index contributed by atoms with van der Waals surface area (Å²) in [5.74, 6) is 0. The van der Waals surface area contributed by atoms with Gasteiger partial charge in [0.25, 0.3) is 0 Å². The molecule has 2 aromatic rings. The van der Waals surface area contributed by atoms with Gasteiger partial charge < -0.3 is 5.32 Å². The van der Waals surface area contributed by atoms with Crippen molar-refractivity contribution >= 4 is 27.3 Å². The molecule has 0 saturated carbocycles. The van der Waals surface area contributed by atoms with Crippen LogP contribution in [0.25, 0.3) is 0 Å². The number of rotatable bonds is 5. The van der Waals surface area contributed by atoms with Crippen LogP contribution in [0, 0.1) is 0 Å². The van der Waals surface area contributed by atoms with Gasteiger partial charge in [0.05, 0.1) is 0 Å². The van der Waals surface area contributed by atoms with Crippen LogP contribution in [0.3, 0.4) is 0 Å². The second-order valence-electron chi connectivity index (χ2n) is 4.29. The number of likely N-dealkylation sites (N-methyl/N-ethyl adjacent to an activating group) is 1. The van der Waals surface area contributed by atoms with Crippen LogP contribution in [0.1, 0.15) is 28.3 Å². The second-order valence-corrected chi connectivity index (χ2v) is 6.40. The summed E-state index contributed by atoms with van der Waals surface area (Å²) in [4.78, 5) is 2.91. The van der Waals surface area contributed by atoms with Crippen molar-refractivity contribution in [1.29, 1.82) is 0 Å². The van der Waals surface area contributed by atoms with Crippen molar-refractivity contribution < 1.29 is 0 Å². The van der Waals surface area contributed by atoms with Gasteiger partial charge in [-0.25, -0.2) is 0 Å². The summed E-state index contributed by atoms with van der Waals surface area (Å²) < 4.78 is 1.18. The van der Waals surface area contributed by atoms with Gasteiger partial charge in [0, 0.05) is 26.7 Å². The molecule has 0 spiro atoms. The van der Waals surface area contributed by atoms with Gasteiger partial charge in [-0.05, 0) is 37.2 Å². The van der Waals surface area contributed by atoms with E-state index in [4.69, 9.17) is 0 Å². The number of benzene rings is 1. The molecule has 0 radical (unpaired) electrons. The van der Waals surface area contributed by atoms with Gasteiger partial charge in [0.15, 0.2) is 0 Å². The highest BCUT2D eigenvalue weighted by Gasteiger charge is 2.13. The van der Waals surface area contributed by atoms with Crippen molar-refractivity contribution in [3.05, 3.63) is 56.2 Å². The lowest BCUT2D eigenvalue weighted by Gasteiger charge is -2.17. The molecule has 0 saturated heterocycles. The van der Waals surface area contributed by atoms with Gasteiger partial charge in [-0.1, -0.05) is 41.1 Å². The van der Waals surface area contributed by atoms with Crippen LogP contribution in [-0.2, 0) is 12.8 Å². The molecule has 2 rings (SSSR count). The molecule has 18 heavy (non-hydrogen) atoms.